The molecule has 1 aliphatic rings. The number of amides is 1. The lowest BCUT2D eigenvalue weighted by Gasteiger charge is -2.19. The Morgan fingerprint density at radius 3 is 2.65 bits per heavy atom. The van der Waals surface area contributed by atoms with Crippen LogP contribution in [0, 0.1) is 0 Å². The van der Waals surface area contributed by atoms with Crippen molar-refractivity contribution in [3.63, 3.8) is 0 Å². The van der Waals surface area contributed by atoms with Gasteiger partial charge in [0.05, 0.1) is 6.26 Å². The molecule has 0 radical (unpaired) electrons. The van der Waals surface area contributed by atoms with Crippen LogP contribution in [0.2, 0.25) is 0 Å². The van der Waals surface area contributed by atoms with Crippen LogP contribution in [0.3, 0.4) is 0 Å². The smallest absolute Gasteiger partial charge is 0.286 e. The Morgan fingerprint density at radius 1 is 1.15 bits per heavy atom. The van der Waals surface area contributed by atoms with E-state index in [9.17, 15) is 4.79 Å². The summed E-state index contributed by atoms with van der Waals surface area (Å²) in [7, 11) is 0. The van der Waals surface area contributed by atoms with Crippen LogP contribution < -0.4 is 5.32 Å². The average Bonchev–Trinajstić information content (AvgIpc) is 2.87. The van der Waals surface area contributed by atoms with Gasteiger partial charge in [-0.3, -0.25) is 4.79 Å². The summed E-state index contributed by atoms with van der Waals surface area (Å²) in [5.74, 6) is 0.289. The van der Waals surface area contributed by atoms with E-state index in [1.807, 2.05) is 0 Å². The number of unbranched alkanes of at least 4 members (excludes halogenated alkanes) is 2. The fraction of sp³-hybridized carbons (Fsp3) is 0.688. The summed E-state index contributed by atoms with van der Waals surface area (Å²) in [5, 5.41) is 2.89. The van der Waals surface area contributed by atoms with E-state index in [4.69, 9.17) is 4.42 Å². The molecule has 1 amide bonds. The van der Waals surface area contributed by atoms with E-state index in [2.05, 4.69) is 10.2 Å². The highest BCUT2D eigenvalue weighted by atomic mass is 16.3. The van der Waals surface area contributed by atoms with Gasteiger partial charge >= 0.3 is 0 Å². The standard InChI is InChI=1S/C16H26N2O2/c19-16(15-9-8-14-20-15)17-10-4-3-7-13-18-11-5-1-2-6-12-18/h8-9,14H,1-7,10-13H2,(H,17,19). The van der Waals surface area contributed by atoms with Gasteiger partial charge in [-0.2, -0.15) is 0 Å². The van der Waals surface area contributed by atoms with Crippen LogP contribution in [-0.2, 0) is 0 Å². The van der Waals surface area contributed by atoms with Crippen LogP contribution >= 0.6 is 0 Å². The van der Waals surface area contributed by atoms with E-state index in [0.717, 1.165) is 13.0 Å². The van der Waals surface area contributed by atoms with E-state index < -0.39 is 0 Å². The van der Waals surface area contributed by atoms with E-state index in [1.165, 1.54) is 64.4 Å². The monoisotopic (exact) mass is 278 g/mol. The molecule has 0 saturated carbocycles. The van der Waals surface area contributed by atoms with Gasteiger partial charge in [0.25, 0.3) is 5.91 Å². The molecule has 1 fully saturated rings. The molecule has 1 aromatic rings. The largest absolute Gasteiger partial charge is 0.459 e. The maximum atomic E-state index is 11.6. The number of carbonyl (C=O) groups is 1. The second kappa shape index (κ2) is 8.80. The molecule has 1 aromatic heterocycles. The van der Waals surface area contributed by atoms with Gasteiger partial charge in [0.15, 0.2) is 5.76 Å². The van der Waals surface area contributed by atoms with Crippen LogP contribution in [0.5, 0.6) is 0 Å². The van der Waals surface area contributed by atoms with E-state index in [0.29, 0.717) is 5.76 Å². The van der Waals surface area contributed by atoms with Gasteiger partial charge < -0.3 is 14.6 Å². The lowest BCUT2D eigenvalue weighted by Crippen LogP contribution is -2.26. The molecule has 2 heterocycles. The third-order valence-electron chi connectivity index (χ3n) is 3.88. The van der Waals surface area contributed by atoms with Gasteiger partial charge in [-0.15, -0.1) is 0 Å². The molecule has 2 rings (SSSR count). The van der Waals surface area contributed by atoms with Crippen molar-refractivity contribution in [2.45, 2.75) is 44.9 Å². The summed E-state index contributed by atoms with van der Waals surface area (Å²) in [6.45, 7) is 4.50. The average molecular weight is 278 g/mol. The minimum Gasteiger partial charge on any atom is -0.459 e. The maximum absolute atomic E-state index is 11.6. The Bertz CT molecular complexity index is 368. The van der Waals surface area contributed by atoms with Crippen molar-refractivity contribution in [1.29, 1.82) is 0 Å². The fourth-order valence-corrected chi connectivity index (χ4v) is 2.69. The molecule has 20 heavy (non-hydrogen) atoms. The summed E-state index contributed by atoms with van der Waals surface area (Å²) in [6, 6.07) is 3.42. The quantitative estimate of drug-likeness (QED) is 0.780. The summed E-state index contributed by atoms with van der Waals surface area (Å²) in [6.07, 6.45) is 10.5. The summed E-state index contributed by atoms with van der Waals surface area (Å²) < 4.78 is 5.05. The summed E-state index contributed by atoms with van der Waals surface area (Å²) in [4.78, 5) is 14.2. The predicted octanol–water partition coefficient (Wildman–Crippen LogP) is 3.06. The van der Waals surface area contributed by atoms with Crippen molar-refractivity contribution < 1.29 is 9.21 Å². The van der Waals surface area contributed by atoms with Crippen molar-refractivity contribution in [1.82, 2.24) is 10.2 Å². The first kappa shape index (κ1) is 15.1. The number of hydrogen-bond acceptors (Lipinski definition) is 3. The highest BCUT2D eigenvalue weighted by Crippen LogP contribution is 2.10. The molecule has 1 aliphatic heterocycles. The highest BCUT2D eigenvalue weighted by Gasteiger charge is 2.08. The van der Waals surface area contributed by atoms with E-state index >= 15 is 0 Å². The summed E-state index contributed by atoms with van der Waals surface area (Å²) in [5.41, 5.74) is 0. The predicted molar refractivity (Wildman–Crippen MR) is 79.8 cm³/mol. The molecular weight excluding hydrogens is 252 g/mol. The number of likely N-dealkylation sites (tertiary alicyclic amines) is 1. The zero-order valence-electron chi connectivity index (χ0n) is 12.3. The summed E-state index contributed by atoms with van der Waals surface area (Å²) >= 11 is 0. The number of carbonyl (C=O) groups excluding carboxylic acids is 1. The molecule has 4 nitrogen and oxygen atoms in total. The Balaban J connectivity index is 1.48. The highest BCUT2D eigenvalue weighted by molar-refractivity contribution is 5.91. The Kier molecular flexibility index (Phi) is 6.64. The topological polar surface area (TPSA) is 45.5 Å². The number of hydrogen-bond donors (Lipinski definition) is 1. The Morgan fingerprint density at radius 2 is 1.95 bits per heavy atom. The number of nitrogens with zero attached hydrogens (tertiary/aromatic N) is 1. The van der Waals surface area contributed by atoms with Crippen LogP contribution in [0.15, 0.2) is 22.8 Å². The first-order chi connectivity index (χ1) is 9.86. The molecule has 0 atom stereocenters. The van der Waals surface area contributed by atoms with Gasteiger partial charge in [0, 0.05) is 6.54 Å². The normalized spacial score (nSPS) is 16.8. The number of rotatable bonds is 7. The molecule has 1 saturated heterocycles. The van der Waals surface area contributed by atoms with Gasteiger partial charge in [-0.25, -0.2) is 0 Å². The lowest BCUT2D eigenvalue weighted by atomic mass is 10.2. The molecule has 0 aromatic carbocycles. The fourth-order valence-electron chi connectivity index (χ4n) is 2.69. The van der Waals surface area contributed by atoms with Crippen molar-refractivity contribution in [2.75, 3.05) is 26.2 Å². The molecule has 0 unspecified atom stereocenters. The second-order valence-electron chi connectivity index (χ2n) is 5.55. The SMILES string of the molecule is O=C(NCCCCCN1CCCCCC1)c1ccco1. The lowest BCUT2D eigenvalue weighted by molar-refractivity contribution is 0.0925. The van der Waals surface area contributed by atoms with Crippen molar-refractivity contribution in [3.05, 3.63) is 24.2 Å². The van der Waals surface area contributed by atoms with Crippen LogP contribution in [-0.4, -0.2) is 37.0 Å². The van der Waals surface area contributed by atoms with E-state index in [-0.39, 0.29) is 5.91 Å². The van der Waals surface area contributed by atoms with Crippen molar-refractivity contribution >= 4 is 5.91 Å². The molecule has 0 aliphatic carbocycles. The molecule has 0 bridgehead atoms. The molecule has 0 spiro atoms. The minimum atomic E-state index is -0.109. The van der Waals surface area contributed by atoms with Crippen LogP contribution in [0.25, 0.3) is 0 Å². The van der Waals surface area contributed by atoms with Gasteiger partial charge in [-0.05, 0) is 57.5 Å². The molecule has 4 heteroatoms. The Labute approximate surface area is 121 Å². The van der Waals surface area contributed by atoms with Crippen molar-refractivity contribution in [2.24, 2.45) is 0 Å². The zero-order valence-corrected chi connectivity index (χ0v) is 12.3. The zero-order chi connectivity index (χ0) is 14.0. The first-order valence-electron chi connectivity index (χ1n) is 7.90. The van der Waals surface area contributed by atoms with Crippen LogP contribution in [0.4, 0.5) is 0 Å². The maximum Gasteiger partial charge on any atom is 0.286 e. The third kappa shape index (κ3) is 5.37. The minimum absolute atomic E-state index is 0.109. The third-order valence-corrected chi connectivity index (χ3v) is 3.88. The molecular formula is C16H26N2O2. The van der Waals surface area contributed by atoms with Crippen LogP contribution in [0.1, 0.15) is 55.5 Å². The van der Waals surface area contributed by atoms with Crippen molar-refractivity contribution in [3.8, 4) is 0 Å². The number of nitrogens with one attached hydrogen (secondary N) is 1. The van der Waals surface area contributed by atoms with Gasteiger partial charge in [0.2, 0.25) is 0 Å². The Hall–Kier alpha value is -1.29. The molecule has 1 N–H and O–H groups in total. The van der Waals surface area contributed by atoms with Gasteiger partial charge in [-0.1, -0.05) is 19.3 Å². The van der Waals surface area contributed by atoms with E-state index in [1.54, 1.807) is 12.1 Å². The molecule has 112 valence electrons. The van der Waals surface area contributed by atoms with Gasteiger partial charge in [0.1, 0.15) is 0 Å². The number of furan rings is 1. The second-order valence-corrected chi connectivity index (χ2v) is 5.55. The first-order valence-corrected chi connectivity index (χ1v) is 7.90.